The summed E-state index contributed by atoms with van der Waals surface area (Å²) in [6, 6.07) is 5.96. The molecule has 1 aliphatic rings. The fourth-order valence-corrected chi connectivity index (χ4v) is 3.94. The number of piperazine rings is 1. The molecular weight excluding hydrogens is 350 g/mol. The molecule has 0 saturated carbocycles. The summed E-state index contributed by atoms with van der Waals surface area (Å²) in [6.45, 7) is 8.51. The number of β-amino-alcohol motifs (C(OH)–C–C–N with tert-alkyl or cyclic N) is 1. The summed E-state index contributed by atoms with van der Waals surface area (Å²) in [5.41, 5.74) is 2.16. The Kier molecular flexibility index (Phi) is 6.85. The maximum absolute atomic E-state index is 9.03. The van der Waals surface area contributed by atoms with Gasteiger partial charge in [-0.3, -0.25) is 9.80 Å². The lowest BCUT2D eigenvalue weighted by molar-refractivity contribution is 0.108. The molecular formula is C19H27N3O3S. The Morgan fingerprint density at radius 3 is 2.62 bits per heavy atom. The molecule has 0 bridgehead atoms. The average molecular weight is 378 g/mol. The van der Waals surface area contributed by atoms with Crippen LogP contribution < -0.4 is 9.47 Å². The van der Waals surface area contributed by atoms with Gasteiger partial charge in [0.05, 0.1) is 26.0 Å². The highest BCUT2D eigenvalue weighted by Crippen LogP contribution is 2.34. The van der Waals surface area contributed by atoms with Crippen LogP contribution in [-0.4, -0.2) is 72.9 Å². The van der Waals surface area contributed by atoms with Crippen molar-refractivity contribution in [2.45, 2.75) is 13.5 Å². The standard InChI is InChI=1S/C19H27N3O3S/c1-3-25-17-5-4-15(12-18(17)24-2)19-20-16(14-26-19)13-22-8-6-21(7-9-22)10-11-23/h4-5,12,14,23H,3,6-11,13H2,1-2H3. The van der Waals surface area contributed by atoms with Crippen LogP contribution >= 0.6 is 11.3 Å². The number of aromatic nitrogens is 1. The van der Waals surface area contributed by atoms with Crippen LogP contribution in [0.25, 0.3) is 10.6 Å². The summed E-state index contributed by atoms with van der Waals surface area (Å²) in [4.78, 5) is 9.53. The van der Waals surface area contributed by atoms with E-state index in [2.05, 4.69) is 15.2 Å². The van der Waals surface area contributed by atoms with Crippen LogP contribution in [-0.2, 0) is 6.54 Å². The van der Waals surface area contributed by atoms with Gasteiger partial charge in [-0.05, 0) is 25.1 Å². The van der Waals surface area contributed by atoms with Crippen molar-refractivity contribution in [3.8, 4) is 22.1 Å². The highest BCUT2D eigenvalue weighted by Gasteiger charge is 2.18. The van der Waals surface area contributed by atoms with E-state index in [0.29, 0.717) is 6.61 Å². The van der Waals surface area contributed by atoms with E-state index in [1.807, 2.05) is 25.1 Å². The zero-order valence-corrected chi connectivity index (χ0v) is 16.3. The number of nitrogens with zero attached hydrogens (tertiary/aromatic N) is 3. The summed E-state index contributed by atoms with van der Waals surface area (Å²) in [5, 5.41) is 12.2. The second kappa shape index (κ2) is 9.32. The van der Waals surface area contributed by atoms with Gasteiger partial charge in [-0.1, -0.05) is 0 Å². The minimum atomic E-state index is 0.237. The third kappa shape index (κ3) is 4.73. The number of aliphatic hydroxyl groups excluding tert-OH is 1. The van der Waals surface area contributed by atoms with E-state index in [9.17, 15) is 0 Å². The largest absolute Gasteiger partial charge is 0.493 e. The van der Waals surface area contributed by atoms with Crippen molar-refractivity contribution in [2.75, 3.05) is 53.0 Å². The van der Waals surface area contributed by atoms with Gasteiger partial charge in [0.25, 0.3) is 0 Å². The average Bonchev–Trinajstić information content (AvgIpc) is 3.12. The molecule has 1 N–H and O–H groups in total. The third-order valence-electron chi connectivity index (χ3n) is 4.53. The lowest BCUT2D eigenvalue weighted by Crippen LogP contribution is -2.46. The van der Waals surface area contributed by atoms with Gasteiger partial charge in [0.1, 0.15) is 5.01 Å². The molecule has 1 aromatic carbocycles. The summed E-state index contributed by atoms with van der Waals surface area (Å²) in [6.07, 6.45) is 0. The Morgan fingerprint density at radius 1 is 1.15 bits per heavy atom. The molecule has 6 nitrogen and oxygen atoms in total. The molecule has 7 heteroatoms. The van der Waals surface area contributed by atoms with Crippen molar-refractivity contribution < 1.29 is 14.6 Å². The molecule has 0 aliphatic carbocycles. The monoisotopic (exact) mass is 377 g/mol. The van der Waals surface area contributed by atoms with Crippen LogP contribution in [0.3, 0.4) is 0 Å². The smallest absolute Gasteiger partial charge is 0.161 e. The molecule has 2 aromatic rings. The number of methoxy groups -OCH3 is 1. The zero-order chi connectivity index (χ0) is 18.4. The van der Waals surface area contributed by atoms with Gasteiger partial charge in [0.15, 0.2) is 11.5 Å². The van der Waals surface area contributed by atoms with E-state index < -0.39 is 0 Å². The first-order valence-electron chi connectivity index (χ1n) is 9.04. The van der Waals surface area contributed by atoms with Gasteiger partial charge in [-0.15, -0.1) is 11.3 Å². The maximum Gasteiger partial charge on any atom is 0.161 e. The molecule has 3 rings (SSSR count). The summed E-state index contributed by atoms with van der Waals surface area (Å²) in [7, 11) is 1.66. The Labute approximate surface area is 159 Å². The van der Waals surface area contributed by atoms with Crippen LogP contribution in [0.15, 0.2) is 23.6 Å². The second-order valence-electron chi connectivity index (χ2n) is 6.28. The van der Waals surface area contributed by atoms with Crippen molar-refractivity contribution in [1.82, 2.24) is 14.8 Å². The van der Waals surface area contributed by atoms with Crippen LogP contribution in [0.1, 0.15) is 12.6 Å². The molecule has 142 valence electrons. The van der Waals surface area contributed by atoms with Crippen molar-refractivity contribution in [3.63, 3.8) is 0 Å². The van der Waals surface area contributed by atoms with Gasteiger partial charge in [-0.25, -0.2) is 4.98 Å². The molecule has 1 aromatic heterocycles. The fourth-order valence-electron chi connectivity index (χ4n) is 3.13. The molecule has 0 spiro atoms. The molecule has 1 aliphatic heterocycles. The maximum atomic E-state index is 9.03. The molecule has 0 amide bonds. The topological polar surface area (TPSA) is 58.1 Å². The van der Waals surface area contributed by atoms with Gasteiger partial charge in [-0.2, -0.15) is 0 Å². The Hall–Kier alpha value is -1.67. The number of thiazole rings is 1. The van der Waals surface area contributed by atoms with E-state index in [1.165, 1.54) is 0 Å². The van der Waals surface area contributed by atoms with E-state index in [4.69, 9.17) is 19.6 Å². The molecule has 0 radical (unpaired) electrons. The van der Waals surface area contributed by atoms with Crippen molar-refractivity contribution in [1.29, 1.82) is 0 Å². The van der Waals surface area contributed by atoms with Crippen LogP contribution in [0, 0.1) is 0 Å². The number of hydrogen-bond acceptors (Lipinski definition) is 7. The molecule has 26 heavy (non-hydrogen) atoms. The van der Waals surface area contributed by atoms with Crippen LogP contribution in [0.2, 0.25) is 0 Å². The predicted molar refractivity (Wildman–Crippen MR) is 104 cm³/mol. The van der Waals surface area contributed by atoms with Gasteiger partial charge >= 0.3 is 0 Å². The van der Waals surface area contributed by atoms with Crippen LogP contribution in [0.5, 0.6) is 11.5 Å². The second-order valence-corrected chi connectivity index (χ2v) is 7.14. The molecule has 1 saturated heterocycles. The normalized spacial score (nSPS) is 16.0. The first-order valence-corrected chi connectivity index (χ1v) is 9.92. The van der Waals surface area contributed by atoms with E-state index in [0.717, 1.165) is 67.0 Å². The van der Waals surface area contributed by atoms with Gasteiger partial charge in [0, 0.05) is 50.2 Å². The van der Waals surface area contributed by atoms with Gasteiger partial charge < -0.3 is 14.6 Å². The Balaban J connectivity index is 1.63. The van der Waals surface area contributed by atoms with Crippen molar-refractivity contribution in [2.24, 2.45) is 0 Å². The molecule has 0 atom stereocenters. The molecule has 0 unspecified atom stereocenters. The predicted octanol–water partition coefficient (Wildman–Crippen LogP) is 2.33. The van der Waals surface area contributed by atoms with E-state index in [-0.39, 0.29) is 6.61 Å². The minimum Gasteiger partial charge on any atom is -0.493 e. The van der Waals surface area contributed by atoms with E-state index >= 15 is 0 Å². The fraction of sp³-hybridized carbons (Fsp3) is 0.526. The summed E-state index contributed by atoms with van der Waals surface area (Å²) < 4.78 is 11.0. The van der Waals surface area contributed by atoms with E-state index in [1.54, 1.807) is 18.4 Å². The van der Waals surface area contributed by atoms with Crippen LogP contribution in [0.4, 0.5) is 0 Å². The van der Waals surface area contributed by atoms with Gasteiger partial charge in [0.2, 0.25) is 0 Å². The number of rotatable bonds is 8. The Morgan fingerprint density at radius 2 is 1.92 bits per heavy atom. The highest BCUT2D eigenvalue weighted by molar-refractivity contribution is 7.13. The summed E-state index contributed by atoms with van der Waals surface area (Å²) >= 11 is 1.66. The SMILES string of the molecule is CCOc1ccc(-c2nc(CN3CCN(CCO)CC3)cs2)cc1OC. The minimum absolute atomic E-state index is 0.237. The first kappa shape index (κ1) is 19.1. The summed E-state index contributed by atoms with van der Waals surface area (Å²) in [5.74, 6) is 1.50. The number of aliphatic hydroxyl groups is 1. The first-order chi connectivity index (χ1) is 12.7. The number of ether oxygens (including phenoxy) is 2. The van der Waals surface area contributed by atoms with Crippen molar-refractivity contribution in [3.05, 3.63) is 29.3 Å². The zero-order valence-electron chi connectivity index (χ0n) is 15.5. The lowest BCUT2D eigenvalue weighted by Gasteiger charge is -2.33. The molecule has 2 heterocycles. The Bertz CT molecular complexity index is 699. The lowest BCUT2D eigenvalue weighted by atomic mass is 10.2. The number of hydrogen-bond donors (Lipinski definition) is 1. The quantitative estimate of drug-likeness (QED) is 0.762. The highest BCUT2D eigenvalue weighted by atomic mass is 32.1. The molecule has 1 fully saturated rings. The van der Waals surface area contributed by atoms with Crippen molar-refractivity contribution >= 4 is 11.3 Å². The number of benzene rings is 1. The third-order valence-corrected chi connectivity index (χ3v) is 5.47.